The van der Waals surface area contributed by atoms with Gasteiger partial charge in [0.15, 0.2) is 17.0 Å². The third-order valence-electron chi connectivity index (χ3n) is 6.40. The van der Waals surface area contributed by atoms with Gasteiger partial charge in [-0.15, -0.1) is 0 Å². The number of carbonyl (C=O) groups is 1. The number of nitrogens with zero attached hydrogens (tertiary/aromatic N) is 5. The zero-order chi connectivity index (χ0) is 21.4. The molecule has 7 nitrogen and oxygen atoms in total. The van der Waals surface area contributed by atoms with E-state index in [1.54, 1.807) is 25.4 Å². The first-order valence-corrected chi connectivity index (χ1v) is 11.1. The van der Waals surface area contributed by atoms with Gasteiger partial charge >= 0.3 is 0 Å². The number of anilines is 2. The van der Waals surface area contributed by atoms with Crippen molar-refractivity contribution >= 4 is 28.6 Å². The predicted molar refractivity (Wildman–Crippen MR) is 118 cm³/mol. The van der Waals surface area contributed by atoms with Crippen LogP contribution >= 0.6 is 0 Å². The number of halogens is 1. The van der Waals surface area contributed by atoms with E-state index in [1.807, 2.05) is 0 Å². The number of hydrogen-bond donors (Lipinski definition) is 1. The molecule has 1 N–H and O–H groups in total. The van der Waals surface area contributed by atoms with Gasteiger partial charge in [0.2, 0.25) is 5.91 Å². The molecule has 1 atom stereocenters. The molecular weight excluding hydrogens is 395 g/mol. The highest BCUT2D eigenvalue weighted by Gasteiger charge is 2.29. The van der Waals surface area contributed by atoms with Crippen LogP contribution in [-0.2, 0) is 17.8 Å². The molecule has 1 saturated heterocycles. The van der Waals surface area contributed by atoms with Gasteiger partial charge in [0.1, 0.15) is 18.0 Å². The van der Waals surface area contributed by atoms with Crippen LogP contribution in [-0.4, -0.2) is 38.5 Å². The van der Waals surface area contributed by atoms with Gasteiger partial charge in [-0.3, -0.25) is 4.79 Å². The average Bonchev–Trinajstić information content (AvgIpc) is 2.97. The maximum absolute atomic E-state index is 13.8. The minimum absolute atomic E-state index is 0.0844. The first-order valence-electron chi connectivity index (χ1n) is 11.1. The van der Waals surface area contributed by atoms with E-state index in [0.29, 0.717) is 17.8 Å². The second kappa shape index (κ2) is 8.24. The van der Waals surface area contributed by atoms with Crippen molar-refractivity contribution in [1.82, 2.24) is 19.5 Å². The Kier molecular flexibility index (Phi) is 5.29. The summed E-state index contributed by atoms with van der Waals surface area (Å²) < 4.78 is 16.1. The van der Waals surface area contributed by atoms with Gasteiger partial charge in [0.05, 0.1) is 5.92 Å². The molecule has 0 radical (unpaired) electrons. The third kappa shape index (κ3) is 3.86. The smallest absolute Gasteiger partial charge is 0.229 e. The van der Waals surface area contributed by atoms with E-state index in [1.165, 1.54) is 12.5 Å². The van der Waals surface area contributed by atoms with Crippen LogP contribution in [0.5, 0.6) is 0 Å². The molecule has 1 fully saturated rings. The number of fused-ring (bicyclic) bond motifs is 3. The van der Waals surface area contributed by atoms with Crippen LogP contribution in [0.25, 0.3) is 11.2 Å². The summed E-state index contributed by atoms with van der Waals surface area (Å²) in [6.45, 7) is 4.05. The Balaban J connectivity index is 1.37. The van der Waals surface area contributed by atoms with Crippen molar-refractivity contribution in [3.05, 3.63) is 41.7 Å². The van der Waals surface area contributed by atoms with E-state index in [-0.39, 0.29) is 17.6 Å². The predicted octanol–water partition coefficient (Wildman–Crippen LogP) is 3.86. The van der Waals surface area contributed by atoms with Gasteiger partial charge in [-0.05, 0) is 50.3 Å². The first-order chi connectivity index (χ1) is 15.1. The molecule has 8 heteroatoms. The van der Waals surface area contributed by atoms with Crippen molar-refractivity contribution < 1.29 is 9.18 Å². The SMILES string of the molecule is Cc1ccc(NC(=O)[C@@H]2CCCN(c3ncnc4c3nc3n4CCCCC3)C2)cc1F. The minimum Gasteiger partial charge on any atom is -0.354 e. The lowest BCUT2D eigenvalue weighted by atomic mass is 9.97. The van der Waals surface area contributed by atoms with Crippen LogP contribution in [0.4, 0.5) is 15.9 Å². The Morgan fingerprint density at radius 3 is 2.94 bits per heavy atom. The molecule has 2 aliphatic heterocycles. The summed E-state index contributed by atoms with van der Waals surface area (Å²) in [5.41, 5.74) is 2.78. The lowest BCUT2D eigenvalue weighted by molar-refractivity contribution is -0.120. The highest BCUT2D eigenvalue weighted by Crippen LogP contribution is 2.30. The molecule has 5 rings (SSSR count). The van der Waals surface area contributed by atoms with Crippen LogP contribution in [0.1, 0.15) is 43.5 Å². The molecule has 2 aromatic heterocycles. The fourth-order valence-corrected chi connectivity index (χ4v) is 4.66. The summed E-state index contributed by atoms with van der Waals surface area (Å²) >= 11 is 0. The molecule has 2 aliphatic rings. The molecule has 31 heavy (non-hydrogen) atoms. The molecule has 162 valence electrons. The number of benzene rings is 1. The van der Waals surface area contributed by atoms with Gasteiger partial charge in [0.25, 0.3) is 0 Å². The number of rotatable bonds is 3. The quantitative estimate of drug-likeness (QED) is 0.694. The Labute approximate surface area is 180 Å². The summed E-state index contributed by atoms with van der Waals surface area (Å²) in [7, 11) is 0. The van der Waals surface area contributed by atoms with E-state index in [4.69, 9.17) is 4.98 Å². The number of imidazole rings is 1. The number of carbonyl (C=O) groups excluding carboxylic acids is 1. The van der Waals surface area contributed by atoms with Gasteiger partial charge in [-0.1, -0.05) is 12.5 Å². The largest absolute Gasteiger partial charge is 0.354 e. The number of amides is 1. The summed E-state index contributed by atoms with van der Waals surface area (Å²) in [6.07, 6.45) is 7.77. The molecule has 0 saturated carbocycles. The fraction of sp³-hybridized carbons (Fsp3) is 0.478. The topological polar surface area (TPSA) is 75.9 Å². The summed E-state index contributed by atoms with van der Waals surface area (Å²) in [6, 6.07) is 4.79. The summed E-state index contributed by atoms with van der Waals surface area (Å²) in [5, 5.41) is 2.88. The van der Waals surface area contributed by atoms with E-state index in [9.17, 15) is 9.18 Å². The van der Waals surface area contributed by atoms with Crippen LogP contribution in [0, 0.1) is 18.7 Å². The lowest BCUT2D eigenvalue weighted by Gasteiger charge is -2.32. The molecule has 0 unspecified atom stereocenters. The van der Waals surface area contributed by atoms with Gasteiger partial charge in [-0.25, -0.2) is 19.3 Å². The molecule has 0 spiro atoms. The molecular formula is C23H27FN6O. The number of aryl methyl sites for hydroxylation is 3. The molecule has 4 heterocycles. The van der Waals surface area contributed by atoms with Gasteiger partial charge < -0.3 is 14.8 Å². The zero-order valence-corrected chi connectivity index (χ0v) is 17.8. The molecule has 1 amide bonds. The van der Waals surface area contributed by atoms with Crippen molar-refractivity contribution in [3.8, 4) is 0 Å². The molecule has 1 aromatic carbocycles. The zero-order valence-electron chi connectivity index (χ0n) is 17.8. The van der Waals surface area contributed by atoms with E-state index in [0.717, 1.165) is 68.0 Å². The number of hydrogen-bond acceptors (Lipinski definition) is 5. The van der Waals surface area contributed by atoms with E-state index in [2.05, 4.69) is 24.8 Å². The number of piperidine rings is 1. The second-order valence-corrected chi connectivity index (χ2v) is 8.60. The van der Waals surface area contributed by atoms with E-state index < -0.39 is 0 Å². The maximum atomic E-state index is 13.8. The minimum atomic E-state index is -0.314. The van der Waals surface area contributed by atoms with Gasteiger partial charge in [-0.2, -0.15) is 0 Å². The number of aromatic nitrogens is 4. The highest BCUT2D eigenvalue weighted by atomic mass is 19.1. The Morgan fingerprint density at radius 2 is 2.06 bits per heavy atom. The van der Waals surface area contributed by atoms with E-state index >= 15 is 0 Å². The molecule has 0 bridgehead atoms. The average molecular weight is 423 g/mol. The van der Waals surface area contributed by atoms with Crippen molar-refractivity contribution in [3.63, 3.8) is 0 Å². The highest BCUT2D eigenvalue weighted by molar-refractivity contribution is 5.93. The molecule has 3 aromatic rings. The van der Waals surface area contributed by atoms with Crippen molar-refractivity contribution in [2.45, 2.75) is 52.0 Å². The maximum Gasteiger partial charge on any atom is 0.229 e. The fourth-order valence-electron chi connectivity index (χ4n) is 4.66. The third-order valence-corrected chi connectivity index (χ3v) is 6.40. The van der Waals surface area contributed by atoms with Crippen molar-refractivity contribution in [2.24, 2.45) is 5.92 Å². The first kappa shape index (κ1) is 19.9. The monoisotopic (exact) mass is 422 g/mol. The second-order valence-electron chi connectivity index (χ2n) is 8.60. The van der Waals surface area contributed by atoms with Crippen molar-refractivity contribution in [1.29, 1.82) is 0 Å². The van der Waals surface area contributed by atoms with Crippen LogP contribution in [0.3, 0.4) is 0 Å². The summed E-state index contributed by atoms with van der Waals surface area (Å²) in [5.74, 6) is 1.31. The van der Waals surface area contributed by atoms with Crippen LogP contribution in [0.15, 0.2) is 24.5 Å². The number of nitrogens with one attached hydrogen (secondary N) is 1. The Bertz CT molecular complexity index is 1130. The normalized spacial score (nSPS) is 19.2. The van der Waals surface area contributed by atoms with Gasteiger partial charge in [0, 0.05) is 31.7 Å². The lowest BCUT2D eigenvalue weighted by Crippen LogP contribution is -2.41. The van der Waals surface area contributed by atoms with Crippen LogP contribution < -0.4 is 10.2 Å². The molecule has 0 aliphatic carbocycles. The summed E-state index contributed by atoms with van der Waals surface area (Å²) in [4.78, 5) is 29.0. The Morgan fingerprint density at radius 1 is 1.16 bits per heavy atom. The standard InChI is InChI=1S/C23H27FN6O/c1-15-8-9-17(12-18(15)24)27-23(31)16-6-5-10-29(13-16)21-20-22(26-14-25-21)30-11-4-2-3-7-19(30)28-20/h8-9,12,14,16H,2-7,10-11,13H2,1H3,(H,27,31)/t16-/m1/s1. The van der Waals surface area contributed by atoms with Crippen LogP contribution in [0.2, 0.25) is 0 Å². The van der Waals surface area contributed by atoms with Crippen molar-refractivity contribution in [2.75, 3.05) is 23.3 Å². The Hall–Kier alpha value is -3.03.